The summed E-state index contributed by atoms with van der Waals surface area (Å²) in [5, 5.41) is 0. The van der Waals surface area contributed by atoms with Gasteiger partial charge in [0.1, 0.15) is 11.6 Å². The molecule has 1 aliphatic carbocycles. The first kappa shape index (κ1) is 15.3. The Morgan fingerprint density at radius 3 is 2.60 bits per heavy atom. The summed E-state index contributed by atoms with van der Waals surface area (Å²) >= 11 is 0. The summed E-state index contributed by atoms with van der Waals surface area (Å²) in [6, 6.07) is 4.59. The van der Waals surface area contributed by atoms with Crippen LogP contribution >= 0.6 is 0 Å². The SMILES string of the molecule is CCC1CCC(C(NN)c2cc(F)ccc2OC)CC1. The third kappa shape index (κ3) is 3.30. The molecule has 0 aromatic heterocycles. The number of hydrazine groups is 1. The van der Waals surface area contributed by atoms with E-state index < -0.39 is 0 Å². The molecule has 1 atom stereocenters. The van der Waals surface area contributed by atoms with Gasteiger partial charge in [0.25, 0.3) is 0 Å². The fourth-order valence-corrected chi connectivity index (χ4v) is 3.36. The van der Waals surface area contributed by atoms with Crippen molar-refractivity contribution in [1.82, 2.24) is 5.43 Å². The molecule has 112 valence electrons. The molecule has 0 amide bonds. The van der Waals surface area contributed by atoms with Gasteiger partial charge in [-0.1, -0.05) is 26.2 Å². The number of benzene rings is 1. The molecule has 1 aromatic carbocycles. The molecule has 0 saturated heterocycles. The van der Waals surface area contributed by atoms with E-state index in [0.29, 0.717) is 11.7 Å². The molecule has 1 saturated carbocycles. The second-order valence-electron chi connectivity index (χ2n) is 5.72. The summed E-state index contributed by atoms with van der Waals surface area (Å²) in [4.78, 5) is 0. The van der Waals surface area contributed by atoms with Crippen LogP contribution in [0, 0.1) is 17.7 Å². The zero-order chi connectivity index (χ0) is 14.5. The smallest absolute Gasteiger partial charge is 0.123 e. The van der Waals surface area contributed by atoms with Gasteiger partial charge in [-0.15, -0.1) is 0 Å². The van der Waals surface area contributed by atoms with Gasteiger partial charge in [-0.3, -0.25) is 11.3 Å². The minimum Gasteiger partial charge on any atom is -0.496 e. The summed E-state index contributed by atoms with van der Waals surface area (Å²) in [5.41, 5.74) is 3.70. The molecule has 1 fully saturated rings. The lowest BCUT2D eigenvalue weighted by Crippen LogP contribution is -2.35. The van der Waals surface area contributed by atoms with Crippen molar-refractivity contribution in [2.45, 2.75) is 45.1 Å². The average Bonchev–Trinajstić information content (AvgIpc) is 2.49. The number of ether oxygens (including phenoxy) is 1. The van der Waals surface area contributed by atoms with Crippen molar-refractivity contribution in [3.8, 4) is 5.75 Å². The van der Waals surface area contributed by atoms with E-state index in [1.165, 1.54) is 31.4 Å². The minimum absolute atomic E-state index is 0.0431. The summed E-state index contributed by atoms with van der Waals surface area (Å²) in [5.74, 6) is 7.48. The van der Waals surface area contributed by atoms with Gasteiger partial charge < -0.3 is 4.74 Å². The van der Waals surface area contributed by atoms with Crippen LogP contribution in [-0.4, -0.2) is 7.11 Å². The zero-order valence-corrected chi connectivity index (χ0v) is 12.4. The Morgan fingerprint density at radius 2 is 2.05 bits per heavy atom. The van der Waals surface area contributed by atoms with Gasteiger partial charge in [0.05, 0.1) is 13.2 Å². The maximum Gasteiger partial charge on any atom is 0.123 e. The van der Waals surface area contributed by atoms with Crippen LogP contribution in [0.2, 0.25) is 0 Å². The first-order valence-corrected chi connectivity index (χ1v) is 7.49. The number of halogens is 1. The van der Waals surface area contributed by atoms with E-state index in [2.05, 4.69) is 12.3 Å². The molecule has 3 nitrogen and oxygen atoms in total. The monoisotopic (exact) mass is 280 g/mol. The van der Waals surface area contributed by atoms with Crippen LogP contribution in [0.25, 0.3) is 0 Å². The molecule has 0 heterocycles. The van der Waals surface area contributed by atoms with Gasteiger partial charge in [0.2, 0.25) is 0 Å². The Morgan fingerprint density at radius 1 is 1.35 bits per heavy atom. The van der Waals surface area contributed by atoms with E-state index in [1.54, 1.807) is 13.2 Å². The van der Waals surface area contributed by atoms with Crippen LogP contribution in [-0.2, 0) is 0 Å². The first-order chi connectivity index (χ1) is 9.69. The number of nitrogens with one attached hydrogen (secondary N) is 1. The van der Waals surface area contributed by atoms with Crippen LogP contribution in [0.15, 0.2) is 18.2 Å². The number of rotatable bonds is 5. The summed E-state index contributed by atoms with van der Waals surface area (Å²) in [7, 11) is 1.61. The number of methoxy groups -OCH3 is 1. The van der Waals surface area contributed by atoms with Gasteiger partial charge >= 0.3 is 0 Å². The van der Waals surface area contributed by atoms with Crippen LogP contribution in [0.3, 0.4) is 0 Å². The van der Waals surface area contributed by atoms with Crippen LogP contribution < -0.4 is 16.0 Å². The fraction of sp³-hybridized carbons (Fsp3) is 0.625. The Hall–Kier alpha value is -1.13. The van der Waals surface area contributed by atoms with Crippen molar-refractivity contribution in [2.24, 2.45) is 17.7 Å². The molecule has 4 heteroatoms. The summed E-state index contributed by atoms with van der Waals surface area (Å²) in [6.45, 7) is 2.25. The van der Waals surface area contributed by atoms with Crippen LogP contribution in [0.4, 0.5) is 4.39 Å². The van der Waals surface area contributed by atoms with Gasteiger partial charge in [0.15, 0.2) is 0 Å². The quantitative estimate of drug-likeness (QED) is 0.640. The lowest BCUT2D eigenvalue weighted by Gasteiger charge is -2.34. The number of hydrogen-bond donors (Lipinski definition) is 2. The summed E-state index contributed by atoms with van der Waals surface area (Å²) < 4.78 is 18.9. The maximum absolute atomic E-state index is 13.5. The molecule has 2 rings (SSSR count). The van der Waals surface area contributed by atoms with Crippen LogP contribution in [0.1, 0.15) is 50.6 Å². The fourth-order valence-electron chi connectivity index (χ4n) is 3.36. The molecule has 0 bridgehead atoms. The second kappa shape index (κ2) is 7.04. The zero-order valence-electron chi connectivity index (χ0n) is 12.4. The van der Waals surface area contributed by atoms with Crippen molar-refractivity contribution in [2.75, 3.05) is 7.11 Å². The molecule has 20 heavy (non-hydrogen) atoms. The Bertz CT molecular complexity index is 430. The van der Waals surface area contributed by atoms with E-state index in [-0.39, 0.29) is 11.9 Å². The predicted octanol–water partition coefficient (Wildman–Crippen LogP) is 3.56. The molecule has 1 unspecified atom stereocenters. The third-order valence-corrected chi connectivity index (χ3v) is 4.65. The lowest BCUT2D eigenvalue weighted by molar-refractivity contribution is 0.216. The van der Waals surface area contributed by atoms with Gasteiger partial charge in [-0.05, 0) is 42.9 Å². The standard InChI is InChI=1S/C16H25FN2O/c1-3-11-4-6-12(7-5-11)16(19-18)14-10-13(17)8-9-15(14)20-2/h8-12,16,19H,3-7,18H2,1-2H3. The average molecular weight is 280 g/mol. The maximum atomic E-state index is 13.5. The van der Waals surface area contributed by atoms with E-state index in [9.17, 15) is 4.39 Å². The topological polar surface area (TPSA) is 47.3 Å². The Balaban J connectivity index is 2.18. The van der Waals surface area contributed by atoms with Gasteiger partial charge in [0, 0.05) is 5.56 Å². The highest BCUT2D eigenvalue weighted by atomic mass is 19.1. The normalized spacial score (nSPS) is 24.4. The van der Waals surface area contributed by atoms with Crippen LogP contribution in [0.5, 0.6) is 5.75 Å². The molecule has 3 N–H and O–H groups in total. The van der Waals surface area contributed by atoms with E-state index in [4.69, 9.17) is 10.6 Å². The molecule has 0 radical (unpaired) electrons. The van der Waals surface area contributed by atoms with E-state index in [1.807, 2.05) is 0 Å². The van der Waals surface area contributed by atoms with Crippen molar-refractivity contribution >= 4 is 0 Å². The number of nitrogens with two attached hydrogens (primary N) is 1. The second-order valence-corrected chi connectivity index (χ2v) is 5.72. The van der Waals surface area contributed by atoms with E-state index >= 15 is 0 Å². The highest BCUT2D eigenvalue weighted by Crippen LogP contribution is 2.40. The van der Waals surface area contributed by atoms with E-state index in [0.717, 1.165) is 24.3 Å². The predicted molar refractivity (Wildman–Crippen MR) is 78.8 cm³/mol. The minimum atomic E-state index is -0.247. The van der Waals surface area contributed by atoms with Crippen molar-refractivity contribution < 1.29 is 9.13 Å². The Labute approximate surface area is 120 Å². The lowest BCUT2D eigenvalue weighted by atomic mass is 9.76. The highest BCUT2D eigenvalue weighted by Gasteiger charge is 2.29. The molecule has 0 aliphatic heterocycles. The van der Waals surface area contributed by atoms with Crippen molar-refractivity contribution in [3.05, 3.63) is 29.6 Å². The van der Waals surface area contributed by atoms with Gasteiger partial charge in [-0.2, -0.15) is 0 Å². The summed E-state index contributed by atoms with van der Waals surface area (Å²) in [6.07, 6.45) is 5.98. The van der Waals surface area contributed by atoms with Gasteiger partial charge in [-0.25, -0.2) is 4.39 Å². The molecular formula is C16H25FN2O. The first-order valence-electron chi connectivity index (χ1n) is 7.49. The number of hydrogen-bond acceptors (Lipinski definition) is 3. The molecule has 1 aliphatic rings. The molecular weight excluding hydrogens is 255 g/mol. The molecule has 1 aromatic rings. The largest absolute Gasteiger partial charge is 0.496 e. The Kier molecular flexibility index (Phi) is 5.38. The highest BCUT2D eigenvalue weighted by molar-refractivity contribution is 5.37. The van der Waals surface area contributed by atoms with Crippen molar-refractivity contribution in [3.63, 3.8) is 0 Å². The third-order valence-electron chi connectivity index (χ3n) is 4.65. The van der Waals surface area contributed by atoms with Crippen molar-refractivity contribution in [1.29, 1.82) is 0 Å². The molecule has 0 spiro atoms.